The second-order valence-corrected chi connectivity index (χ2v) is 8.51. The summed E-state index contributed by atoms with van der Waals surface area (Å²) in [6.07, 6.45) is 8.50. The number of aromatic nitrogens is 3. The quantitative estimate of drug-likeness (QED) is 0.377. The molecule has 0 unspecified atom stereocenters. The van der Waals surface area contributed by atoms with Crippen molar-refractivity contribution in [3.8, 4) is 10.6 Å². The lowest BCUT2D eigenvalue weighted by Crippen LogP contribution is -2.28. The molecule has 1 aliphatic heterocycles. The van der Waals surface area contributed by atoms with Crippen LogP contribution in [0.5, 0.6) is 0 Å². The van der Waals surface area contributed by atoms with Crippen LogP contribution in [0.3, 0.4) is 0 Å². The zero-order chi connectivity index (χ0) is 23.5. The molecular weight excluding hydrogens is 444 g/mol. The SMILES string of the molecule is O=C(O)/C=C\C(=O)O.c1ccc(-c2nn3cc(COCCN4CCCCCC4)nc3s2)cc1. The molecule has 0 aliphatic carbocycles. The lowest BCUT2D eigenvalue weighted by molar-refractivity contribution is -0.134. The zero-order valence-corrected chi connectivity index (χ0v) is 19.1. The van der Waals surface area contributed by atoms with Crippen LogP contribution in [0.25, 0.3) is 15.5 Å². The van der Waals surface area contributed by atoms with Crippen LogP contribution >= 0.6 is 11.3 Å². The molecule has 176 valence electrons. The Morgan fingerprint density at radius 3 is 2.30 bits per heavy atom. The number of carbonyl (C=O) groups is 2. The summed E-state index contributed by atoms with van der Waals surface area (Å²) in [6, 6.07) is 10.2. The lowest BCUT2D eigenvalue weighted by atomic mass is 10.2. The van der Waals surface area contributed by atoms with Crippen LogP contribution < -0.4 is 0 Å². The fourth-order valence-corrected chi connectivity index (χ4v) is 4.29. The summed E-state index contributed by atoms with van der Waals surface area (Å²) >= 11 is 1.61. The van der Waals surface area contributed by atoms with E-state index < -0.39 is 11.9 Å². The summed E-state index contributed by atoms with van der Waals surface area (Å²) in [4.78, 5) is 27.2. The van der Waals surface area contributed by atoms with E-state index in [1.807, 2.05) is 28.9 Å². The molecule has 10 heteroatoms. The van der Waals surface area contributed by atoms with Crippen molar-refractivity contribution in [1.82, 2.24) is 19.5 Å². The summed E-state index contributed by atoms with van der Waals surface area (Å²) < 4.78 is 7.70. The number of aliphatic carboxylic acids is 2. The molecule has 3 aromatic rings. The highest BCUT2D eigenvalue weighted by Crippen LogP contribution is 2.25. The number of carboxylic acids is 2. The Bertz CT molecular complexity index is 1010. The van der Waals surface area contributed by atoms with Crippen LogP contribution in [0.1, 0.15) is 31.4 Å². The normalized spacial score (nSPS) is 14.7. The van der Waals surface area contributed by atoms with Gasteiger partial charge in [0.1, 0.15) is 5.01 Å². The number of hydrogen-bond acceptors (Lipinski definition) is 7. The maximum absolute atomic E-state index is 9.55. The zero-order valence-electron chi connectivity index (χ0n) is 18.3. The number of benzene rings is 1. The second kappa shape index (κ2) is 12.8. The fraction of sp³-hybridized carbons (Fsp3) is 0.391. The van der Waals surface area contributed by atoms with Gasteiger partial charge in [0.05, 0.1) is 25.1 Å². The summed E-state index contributed by atoms with van der Waals surface area (Å²) in [5, 5.41) is 21.2. The molecule has 0 bridgehead atoms. The Kier molecular flexibility index (Phi) is 9.55. The number of nitrogens with zero attached hydrogens (tertiary/aromatic N) is 4. The summed E-state index contributed by atoms with van der Waals surface area (Å²) in [5.41, 5.74) is 2.09. The predicted octanol–water partition coefficient (Wildman–Crippen LogP) is 3.56. The number of fused-ring (bicyclic) bond motifs is 1. The second-order valence-electron chi connectivity index (χ2n) is 7.55. The third kappa shape index (κ3) is 8.41. The van der Waals surface area contributed by atoms with Crippen molar-refractivity contribution in [3.63, 3.8) is 0 Å². The monoisotopic (exact) mass is 472 g/mol. The molecule has 0 saturated carbocycles. The standard InChI is InChI=1S/C19H24N4OS.C4H4O4/c1-2-7-11-22(10-6-1)12-13-24-15-17-14-23-19(20-17)25-18(21-23)16-8-4-3-5-9-16;5-3(6)1-2-4(7)8/h3-5,8-9,14H,1-2,6-7,10-13,15H2;1-2H,(H,5,6)(H,7,8)/b;2-1-. The third-order valence-electron chi connectivity index (χ3n) is 4.98. The topological polar surface area (TPSA) is 117 Å². The first kappa shape index (κ1) is 24.6. The predicted molar refractivity (Wildman–Crippen MR) is 125 cm³/mol. The van der Waals surface area contributed by atoms with Crippen molar-refractivity contribution < 1.29 is 24.5 Å². The van der Waals surface area contributed by atoms with E-state index >= 15 is 0 Å². The van der Waals surface area contributed by atoms with Crippen molar-refractivity contribution in [2.45, 2.75) is 32.3 Å². The minimum Gasteiger partial charge on any atom is -0.478 e. The van der Waals surface area contributed by atoms with Crippen LogP contribution in [-0.2, 0) is 20.9 Å². The van der Waals surface area contributed by atoms with Gasteiger partial charge < -0.3 is 19.8 Å². The maximum atomic E-state index is 9.55. The molecule has 1 fully saturated rings. The Hall–Kier alpha value is -3.08. The van der Waals surface area contributed by atoms with E-state index in [-0.39, 0.29) is 0 Å². The molecule has 0 spiro atoms. The van der Waals surface area contributed by atoms with Gasteiger partial charge in [0.25, 0.3) is 0 Å². The molecule has 33 heavy (non-hydrogen) atoms. The Morgan fingerprint density at radius 2 is 1.70 bits per heavy atom. The van der Waals surface area contributed by atoms with Gasteiger partial charge in [0.15, 0.2) is 0 Å². The van der Waals surface area contributed by atoms with Gasteiger partial charge in [-0.15, -0.1) is 0 Å². The Balaban J connectivity index is 0.000000331. The van der Waals surface area contributed by atoms with E-state index in [1.54, 1.807) is 11.3 Å². The van der Waals surface area contributed by atoms with Crippen LogP contribution in [0.4, 0.5) is 0 Å². The maximum Gasteiger partial charge on any atom is 0.328 e. The van der Waals surface area contributed by atoms with E-state index in [9.17, 15) is 9.59 Å². The van der Waals surface area contributed by atoms with Crippen LogP contribution in [0, 0.1) is 0 Å². The molecule has 4 rings (SSSR count). The smallest absolute Gasteiger partial charge is 0.328 e. The highest BCUT2D eigenvalue weighted by atomic mass is 32.1. The molecule has 3 heterocycles. The first-order valence-corrected chi connectivity index (χ1v) is 11.7. The van der Waals surface area contributed by atoms with Gasteiger partial charge in [-0.2, -0.15) is 5.10 Å². The average molecular weight is 473 g/mol. The lowest BCUT2D eigenvalue weighted by Gasteiger charge is -2.19. The van der Waals surface area contributed by atoms with E-state index in [4.69, 9.17) is 14.9 Å². The first-order valence-electron chi connectivity index (χ1n) is 10.9. The van der Waals surface area contributed by atoms with Gasteiger partial charge in [-0.1, -0.05) is 54.5 Å². The Labute approximate surface area is 195 Å². The summed E-state index contributed by atoms with van der Waals surface area (Å²) in [5.74, 6) is -2.51. The summed E-state index contributed by atoms with van der Waals surface area (Å²) in [7, 11) is 0. The molecule has 1 aromatic carbocycles. The van der Waals surface area contributed by atoms with Crippen molar-refractivity contribution in [1.29, 1.82) is 0 Å². The molecule has 0 radical (unpaired) electrons. The van der Waals surface area contributed by atoms with E-state index in [0.717, 1.165) is 34.4 Å². The number of carboxylic acid groups (broad SMARTS) is 2. The van der Waals surface area contributed by atoms with Gasteiger partial charge in [0.2, 0.25) is 4.96 Å². The third-order valence-corrected chi connectivity index (χ3v) is 5.95. The largest absolute Gasteiger partial charge is 0.478 e. The molecule has 0 atom stereocenters. The number of rotatable bonds is 8. The van der Waals surface area contributed by atoms with Gasteiger partial charge in [-0.25, -0.2) is 19.1 Å². The van der Waals surface area contributed by atoms with Crippen molar-refractivity contribution in [2.75, 3.05) is 26.2 Å². The van der Waals surface area contributed by atoms with E-state index in [0.29, 0.717) is 18.8 Å². The molecule has 1 saturated heterocycles. The van der Waals surface area contributed by atoms with E-state index in [2.05, 4.69) is 27.1 Å². The highest BCUT2D eigenvalue weighted by Gasteiger charge is 2.11. The number of ether oxygens (including phenoxy) is 1. The average Bonchev–Trinajstić information content (AvgIpc) is 3.25. The Morgan fingerprint density at radius 1 is 1.03 bits per heavy atom. The van der Waals surface area contributed by atoms with Crippen molar-refractivity contribution >= 4 is 28.2 Å². The van der Waals surface area contributed by atoms with E-state index in [1.165, 1.54) is 38.8 Å². The fourth-order valence-electron chi connectivity index (χ4n) is 3.38. The van der Waals surface area contributed by atoms with Crippen molar-refractivity contribution in [2.24, 2.45) is 0 Å². The van der Waals surface area contributed by atoms with Gasteiger partial charge >= 0.3 is 11.9 Å². The molecule has 1 aliphatic rings. The first-order chi connectivity index (χ1) is 16.0. The number of hydrogen-bond donors (Lipinski definition) is 2. The minimum absolute atomic E-state index is 0.558. The molecule has 2 aromatic heterocycles. The summed E-state index contributed by atoms with van der Waals surface area (Å²) in [6.45, 7) is 4.79. The minimum atomic E-state index is -1.26. The molecule has 9 nitrogen and oxygen atoms in total. The van der Waals surface area contributed by atoms with Crippen LogP contribution in [0.15, 0.2) is 48.7 Å². The number of imidazole rings is 1. The molecular formula is C23H28N4O5S. The van der Waals surface area contributed by atoms with Crippen LogP contribution in [0.2, 0.25) is 0 Å². The molecule has 2 N–H and O–H groups in total. The van der Waals surface area contributed by atoms with Gasteiger partial charge in [-0.3, -0.25) is 0 Å². The number of likely N-dealkylation sites (tertiary alicyclic amines) is 1. The molecule has 0 amide bonds. The van der Waals surface area contributed by atoms with Gasteiger partial charge in [0, 0.05) is 24.3 Å². The highest BCUT2D eigenvalue weighted by molar-refractivity contribution is 7.19. The van der Waals surface area contributed by atoms with Crippen molar-refractivity contribution in [3.05, 3.63) is 54.4 Å². The van der Waals surface area contributed by atoms with Crippen LogP contribution in [-0.4, -0.2) is 67.9 Å². The van der Waals surface area contributed by atoms with Gasteiger partial charge in [-0.05, 0) is 25.9 Å².